The summed E-state index contributed by atoms with van der Waals surface area (Å²) in [5.41, 5.74) is 0.698. The van der Waals surface area contributed by atoms with Gasteiger partial charge in [0.2, 0.25) is 0 Å². The number of ether oxygens (including phenoxy) is 3. The van der Waals surface area contributed by atoms with Crippen molar-refractivity contribution in [3.8, 4) is 17.2 Å². The van der Waals surface area contributed by atoms with Crippen LogP contribution in [0.15, 0.2) is 42.5 Å². The van der Waals surface area contributed by atoms with Gasteiger partial charge in [-0.3, -0.25) is 4.79 Å². The van der Waals surface area contributed by atoms with E-state index >= 15 is 0 Å². The fourth-order valence-corrected chi connectivity index (χ4v) is 3.27. The minimum absolute atomic E-state index is 0.160. The molecule has 148 valence electrons. The first kappa shape index (κ1) is 19.9. The van der Waals surface area contributed by atoms with Gasteiger partial charge >= 0.3 is 0 Å². The number of fused-ring (bicyclic) bond motifs is 1. The van der Waals surface area contributed by atoms with Crippen molar-refractivity contribution in [2.24, 2.45) is 0 Å². The summed E-state index contributed by atoms with van der Waals surface area (Å²) >= 11 is 0. The zero-order chi connectivity index (χ0) is 20.5. The van der Waals surface area contributed by atoms with Gasteiger partial charge < -0.3 is 24.4 Å². The summed E-state index contributed by atoms with van der Waals surface area (Å²) in [6.07, 6.45) is 1.48. The fourth-order valence-electron chi connectivity index (χ4n) is 3.27. The van der Waals surface area contributed by atoms with Crippen LogP contribution in [0.2, 0.25) is 0 Å². The Hall–Kier alpha value is -2.83. The number of aliphatic hydroxyl groups excluding tert-OH is 1. The molecular weight excluding hydrogens is 360 g/mol. The molecule has 28 heavy (non-hydrogen) atoms. The van der Waals surface area contributed by atoms with Gasteiger partial charge in [-0.2, -0.15) is 0 Å². The van der Waals surface area contributed by atoms with Crippen LogP contribution in [0.25, 0.3) is 6.08 Å². The number of carbonyl (C=O) groups excluding carboxylic acids is 1. The minimum Gasteiger partial charge on any atom is -0.508 e. The highest BCUT2D eigenvalue weighted by Crippen LogP contribution is 2.47. The van der Waals surface area contributed by atoms with Crippen molar-refractivity contribution < 1.29 is 29.2 Å². The quantitative estimate of drug-likeness (QED) is 0.606. The molecule has 2 N–H and O–H groups in total. The molecule has 0 fully saturated rings. The Bertz CT molecular complexity index is 898. The maximum Gasteiger partial charge on any atom is 0.189 e. The van der Waals surface area contributed by atoms with E-state index < -0.39 is 17.8 Å². The van der Waals surface area contributed by atoms with Gasteiger partial charge in [-0.15, -0.1) is 0 Å². The summed E-state index contributed by atoms with van der Waals surface area (Å²) in [6, 6.07) is 9.83. The highest BCUT2D eigenvalue weighted by Gasteiger charge is 2.46. The number of ketones is 1. The third kappa shape index (κ3) is 3.61. The van der Waals surface area contributed by atoms with Crippen LogP contribution in [-0.2, 0) is 4.74 Å². The van der Waals surface area contributed by atoms with E-state index in [0.29, 0.717) is 22.6 Å². The van der Waals surface area contributed by atoms with Gasteiger partial charge in [-0.1, -0.05) is 18.2 Å². The van der Waals surface area contributed by atoms with Crippen LogP contribution >= 0.6 is 0 Å². The largest absolute Gasteiger partial charge is 0.508 e. The molecule has 6 nitrogen and oxygen atoms in total. The van der Waals surface area contributed by atoms with E-state index in [1.54, 1.807) is 56.3 Å². The molecule has 0 aromatic heterocycles. The molecule has 3 rings (SSSR count). The topological polar surface area (TPSA) is 85.2 Å². The number of allylic oxidation sites excluding steroid dienone is 1. The molecule has 1 heterocycles. The summed E-state index contributed by atoms with van der Waals surface area (Å²) in [5, 5.41) is 20.0. The highest BCUT2D eigenvalue weighted by atomic mass is 16.5. The van der Waals surface area contributed by atoms with Crippen molar-refractivity contribution in [2.75, 3.05) is 14.2 Å². The zero-order valence-electron chi connectivity index (χ0n) is 16.3. The molecule has 0 saturated carbocycles. The van der Waals surface area contributed by atoms with E-state index in [2.05, 4.69) is 0 Å². The highest BCUT2D eigenvalue weighted by molar-refractivity contribution is 6.09. The summed E-state index contributed by atoms with van der Waals surface area (Å²) in [4.78, 5) is 12.9. The number of methoxy groups -OCH3 is 2. The lowest BCUT2D eigenvalue weighted by atomic mass is 9.86. The average molecular weight is 384 g/mol. The predicted molar refractivity (Wildman–Crippen MR) is 105 cm³/mol. The lowest BCUT2D eigenvalue weighted by Crippen LogP contribution is -2.49. The molecule has 0 spiro atoms. The number of hydrogen-bond acceptors (Lipinski definition) is 6. The lowest BCUT2D eigenvalue weighted by molar-refractivity contribution is -0.124. The summed E-state index contributed by atoms with van der Waals surface area (Å²) in [6.45, 7) is 3.49. The molecule has 2 atom stereocenters. The maximum atomic E-state index is 12.9. The lowest BCUT2D eigenvalue weighted by Gasteiger charge is -2.42. The van der Waals surface area contributed by atoms with Crippen LogP contribution in [-0.4, -0.2) is 41.9 Å². The van der Waals surface area contributed by atoms with E-state index in [-0.39, 0.29) is 11.5 Å². The van der Waals surface area contributed by atoms with Crippen molar-refractivity contribution in [2.45, 2.75) is 31.7 Å². The van der Waals surface area contributed by atoms with Gasteiger partial charge in [0.15, 0.2) is 5.78 Å². The Labute approximate surface area is 164 Å². The third-order valence-electron chi connectivity index (χ3n) is 4.86. The number of rotatable bonds is 5. The SMILES string of the molecule is COc1ccc(C(=O)/C=C/c2ccc(O)cc2)c2c1C(OC)C(O)C(C)(C)O2. The number of phenols is 1. The van der Waals surface area contributed by atoms with Crippen LogP contribution in [0.4, 0.5) is 0 Å². The standard InChI is InChI=1S/C22H24O6/c1-22(2)21(25)20(27-4)18-17(26-3)12-10-15(19(18)28-22)16(24)11-7-13-5-8-14(23)9-6-13/h5-12,20-21,23,25H,1-4H3/b11-7+. The molecule has 2 aromatic rings. The summed E-state index contributed by atoms with van der Waals surface area (Å²) < 4.78 is 17.0. The van der Waals surface area contributed by atoms with Crippen LogP contribution in [0.3, 0.4) is 0 Å². The van der Waals surface area contributed by atoms with Crippen molar-refractivity contribution in [3.63, 3.8) is 0 Å². The van der Waals surface area contributed by atoms with Crippen molar-refractivity contribution >= 4 is 11.9 Å². The van der Waals surface area contributed by atoms with E-state index in [4.69, 9.17) is 14.2 Å². The van der Waals surface area contributed by atoms with E-state index in [1.165, 1.54) is 20.3 Å². The maximum absolute atomic E-state index is 12.9. The molecule has 0 amide bonds. The number of phenolic OH excluding ortho intramolecular Hbond substituents is 1. The second-order valence-corrected chi connectivity index (χ2v) is 7.15. The predicted octanol–water partition coefficient (Wildman–Crippen LogP) is 3.52. The molecular formula is C22H24O6. The van der Waals surface area contributed by atoms with Gasteiger partial charge in [0, 0.05) is 7.11 Å². The molecule has 0 bridgehead atoms. The Balaban J connectivity index is 2.04. The second kappa shape index (κ2) is 7.66. The Morgan fingerprint density at radius 1 is 1.14 bits per heavy atom. The Kier molecular flexibility index (Phi) is 5.45. The Morgan fingerprint density at radius 3 is 2.43 bits per heavy atom. The third-order valence-corrected chi connectivity index (χ3v) is 4.86. The smallest absolute Gasteiger partial charge is 0.189 e. The minimum atomic E-state index is -0.949. The molecule has 2 aromatic carbocycles. The molecule has 0 radical (unpaired) electrons. The van der Waals surface area contributed by atoms with Crippen molar-refractivity contribution in [1.29, 1.82) is 0 Å². The van der Waals surface area contributed by atoms with Gasteiger partial charge in [-0.05, 0) is 49.8 Å². The van der Waals surface area contributed by atoms with Gasteiger partial charge in [0.05, 0.1) is 18.2 Å². The van der Waals surface area contributed by atoms with Gasteiger partial charge in [0.25, 0.3) is 0 Å². The van der Waals surface area contributed by atoms with Crippen molar-refractivity contribution in [3.05, 3.63) is 59.2 Å². The first-order valence-electron chi connectivity index (χ1n) is 8.90. The number of aromatic hydroxyl groups is 1. The summed E-state index contributed by atoms with van der Waals surface area (Å²) in [5.74, 6) is 0.735. The number of benzene rings is 2. The molecule has 2 unspecified atom stereocenters. The molecule has 0 saturated heterocycles. The first-order valence-corrected chi connectivity index (χ1v) is 8.90. The molecule has 6 heteroatoms. The zero-order valence-corrected chi connectivity index (χ0v) is 16.3. The van der Waals surface area contributed by atoms with E-state index in [0.717, 1.165) is 5.56 Å². The van der Waals surface area contributed by atoms with E-state index in [1.807, 2.05) is 0 Å². The average Bonchev–Trinajstić information content (AvgIpc) is 2.67. The number of hydrogen-bond donors (Lipinski definition) is 2. The molecule has 1 aliphatic heterocycles. The first-order chi connectivity index (χ1) is 13.3. The van der Waals surface area contributed by atoms with Gasteiger partial charge in [-0.25, -0.2) is 0 Å². The summed E-state index contributed by atoms with van der Waals surface area (Å²) in [7, 11) is 3.01. The monoisotopic (exact) mass is 384 g/mol. The van der Waals surface area contributed by atoms with Gasteiger partial charge in [0.1, 0.15) is 35.1 Å². The second-order valence-electron chi connectivity index (χ2n) is 7.15. The van der Waals surface area contributed by atoms with E-state index in [9.17, 15) is 15.0 Å². The number of aliphatic hydroxyl groups is 1. The fraction of sp³-hybridized carbons (Fsp3) is 0.318. The molecule has 0 aliphatic carbocycles. The Morgan fingerprint density at radius 2 is 1.82 bits per heavy atom. The van der Waals surface area contributed by atoms with Crippen LogP contribution < -0.4 is 9.47 Å². The van der Waals surface area contributed by atoms with Crippen LogP contribution in [0.1, 0.15) is 41.4 Å². The number of carbonyl (C=O) groups is 1. The van der Waals surface area contributed by atoms with Crippen LogP contribution in [0, 0.1) is 0 Å². The van der Waals surface area contributed by atoms with Crippen LogP contribution in [0.5, 0.6) is 17.2 Å². The normalized spacial score (nSPS) is 20.5. The molecule has 1 aliphatic rings. The van der Waals surface area contributed by atoms with Crippen molar-refractivity contribution in [1.82, 2.24) is 0 Å².